The lowest BCUT2D eigenvalue weighted by Crippen LogP contribution is -2.50. The van der Waals surface area contributed by atoms with Gasteiger partial charge in [0.05, 0.1) is 0 Å². The molecule has 0 heterocycles. The lowest BCUT2D eigenvalue weighted by Gasteiger charge is -2.35. The van der Waals surface area contributed by atoms with Crippen LogP contribution >= 0.6 is 0 Å². The Morgan fingerprint density at radius 1 is 1.00 bits per heavy atom. The Kier molecular flexibility index (Phi) is 5.75. The molecule has 4 heteroatoms. The third-order valence-electron chi connectivity index (χ3n) is 3.64. The van der Waals surface area contributed by atoms with Crippen molar-refractivity contribution in [3.05, 3.63) is 0 Å². The van der Waals surface area contributed by atoms with Gasteiger partial charge in [-0.1, -0.05) is 27.7 Å². The molecule has 0 bridgehead atoms. The fourth-order valence-corrected chi connectivity index (χ4v) is 2.13. The maximum Gasteiger partial charge on any atom is 0.226 e. The smallest absolute Gasteiger partial charge is 0.226 e. The maximum atomic E-state index is 12.4. The van der Waals surface area contributed by atoms with Crippen LogP contribution in [0.4, 0.5) is 0 Å². The molecule has 0 aromatic heterocycles. The van der Waals surface area contributed by atoms with Gasteiger partial charge in [-0.3, -0.25) is 9.59 Å². The first kappa shape index (κ1) is 18.1. The maximum absolute atomic E-state index is 12.4. The second-order valence-electron chi connectivity index (χ2n) is 7.31. The summed E-state index contributed by atoms with van der Waals surface area (Å²) in [5, 5.41) is 11.9. The first-order chi connectivity index (χ1) is 8.34. The van der Waals surface area contributed by atoms with Crippen LogP contribution in [0.25, 0.3) is 0 Å². The monoisotopic (exact) mass is 271 g/mol. The van der Waals surface area contributed by atoms with Crippen molar-refractivity contribution in [3.63, 3.8) is 0 Å². The molecular formula is C15H29NO3. The van der Waals surface area contributed by atoms with E-state index < -0.39 is 16.4 Å². The first-order valence-corrected chi connectivity index (χ1v) is 6.79. The predicted octanol–water partition coefficient (Wildman–Crippen LogP) is 2.30. The number of hydrogen-bond donors (Lipinski definition) is 2. The molecule has 112 valence electrons. The van der Waals surface area contributed by atoms with Gasteiger partial charge in [0.2, 0.25) is 5.91 Å². The van der Waals surface area contributed by atoms with E-state index in [-0.39, 0.29) is 18.3 Å². The van der Waals surface area contributed by atoms with E-state index in [2.05, 4.69) is 5.32 Å². The van der Waals surface area contributed by atoms with Crippen molar-refractivity contribution in [2.24, 2.45) is 10.8 Å². The molecule has 0 aromatic rings. The third kappa shape index (κ3) is 5.72. The van der Waals surface area contributed by atoms with E-state index in [9.17, 15) is 9.59 Å². The van der Waals surface area contributed by atoms with Gasteiger partial charge in [-0.15, -0.1) is 0 Å². The highest BCUT2D eigenvalue weighted by Gasteiger charge is 2.38. The van der Waals surface area contributed by atoms with Crippen molar-refractivity contribution in [3.8, 4) is 0 Å². The SMILES string of the molecule is CC(=O)C(C)(C)CC(C)(C)C(=O)NC(C)(C)CCO. The van der Waals surface area contributed by atoms with E-state index in [0.29, 0.717) is 12.8 Å². The number of aliphatic hydroxyl groups is 1. The summed E-state index contributed by atoms with van der Waals surface area (Å²) < 4.78 is 0. The van der Waals surface area contributed by atoms with Crippen LogP contribution in [0, 0.1) is 10.8 Å². The lowest BCUT2D eigenvalue weighted by atomic mass is 9.72. The van der Waals surface area contributed by atoms with E-state index in [0.717, 1.165) is 0 Å². The zero-order valence-corrected chi connectivity index (χ0v) is 13.4. The van der Waals surface area contributed by atoms with Crippen LogP contribution in [0.15, 0.2) is 0 Å². The largest absolute Gasteiger partial charge is 0.396 e. The second kappa shape index (κ2) is 6.04. The molecule has 0 rings (SSSR count). The van der Waals surface area contributed by atoms with Crippen molar-refractivity contribution < 1.29 is 14.7 Å². The summed E-state index contributed by atoms with van der Waals surface area (Å²) in [6, 6.07) is 0. The highest BCUT2D eigenvalue weighted by Crippen LogP contribution is 2.35. The third-order valence-corrected chi connectivity index (χ3v) is 3.64. The number of aliphatic hydroxyl groups excluding tert-OH is 1. The van der Waals surface area contributed by atoms with E-state index in [1.807, 2.05) is 41.5 Å². The van der Waals surface area contributed by atoms with Crippen molar-refractivity contribution in [1.29, 1.82) is 0 Å². The zero-order chi connectivity index (χ0) is 15.5. The molecule has 0 aromatic carbocycles. The van der Waals surface area contributed by atoms with Crippen LogP contribution < -0.4 is 5.32 Å². The van der Waals surface area contributed by atoms with Gasteiger partial charge in [0.1, 0.15) is 5.78 Å². The number of rotatable bonds is 7. The summed E-state index contributed by atoms with van der Waals surface area (Å²) in [7, 11) is 0. The average molecular weight is 271 g/mol. The minimum atomic E-state index is -0.623. The summed E-state index contributed by atoms with van der Waals surface area (Å²) >= 11 is 0. The van der Waals surface area contributed by atoms with E-state index >= 15 is 0 Å². The number of carbonyl (C=O) groups excluding carboxylic acids is 2. The molecule has 0 radical (unpaired) electrons. The quantitative estimate of drug-likeness (QED) is 0.746. The summed E-state index contributed by atoms with van der Waals surface area (Å²) in [5.74, 6) is 0.00303. The van der Waals surface area contributed by atoms with Crippen molar-refractivity contribution in [2.45, 2.75) is 66.8 Å². The number of ketones is 1. The number of nitrogens with one attached hydrogen (secondary N) is 1. The summed E-state index contributed by atoms with van der Waals surface area (Å²) in [5.41, 5.74) is -1.58. The molecule has 0 saturated heterocycles. The van der Waals surface area contributed by atoms with Crippen LogP contribution in [-0.2, 0) is 9.59 Å². The van der Waals surface area contributed by atoms with E-state index in [1.54, 1.807) is 6.92 Å². The molecule has 0 fully saturated rings. The van der Waals surface area contributed by atoms with Crippen LogP contribution in [0.2, 0.25) is 0 Å². The summed E-state index contributed by atoms with van der Waals surface area (Å²) in [6.07, 6.45) is 1.00. The topological polar surface area (TPSA) is 66.4 Å². The van der Waals surface area contributed by atoms with Crippen LogP contribution in [0.5, 0.6) is 0 Å². The summed E-state index contributed by atoms with van der Waals surface area (Å²) in [4.78, 5) is 23.9. The molecule has 0 atom stereocenters. The van der Waals surface area contributed by atoms with Crippen LogP contribution in [-0.4, -0.2) is 28.9 Å². The Bertz CT molecular complexity index is 343. The Balaban J connectivity index is 4.83. The molecule has 2 N–H and O–H groups in total. The highest BCUT2D eigenvalue weighted by atomic mass is 16.3. The number of Topliss-reactive ketones (excluding diaryl/α,β-unsaturated/α-hetero) is 1. The van der Waals surface area contributed by atoms with Gasteiger partial charge in [0.25, 0.3) is 0 Å². The van der Waals surface area contributed by atoms with Gasteiger partial charge >= 0.3 is 0 Å². The van der Waals surface area contributed by atoms with Crippen molar-refractivity contribution >= 4 is 11.7 Å². The molecule has 0 saturated carbocycles. The Morgan fingerprint density at radius 3 is 1.84 bits per heavy atom. The normalized spacial score (nSPS) is 13.3. The standard InChI is InChI=1S/C15H29NO3/c1-11(18)13(2,3)10-14(4,5)12(19)16-15(6,7)8-9-17/h17H,8-10H2,1-7H3,(H,16,19). The van der Waals surface area contributed by atoms with Gasteiger partial charge in [0, 0.05) is 23.0 Å². The van der Waals surface area contributed by atoms with Crippen LogP contribution in [0.1, 0.15) is 61.3 Å². The van der Waals surface area contributed by atoms with Crippen molar-refractivity contribution in [2.75, 3.05) is 6.61 Å². The number of carbonyl (C=O) groups is 2. The Hall–Kier alpha value is -0.900. The first-order valence-electron chi connectivity index (χ1n) is 6.79. The van der Waals surface area contributed by atoms with Gasteiger partial charge in [0.15, 0.2) is 0 Å². The molecule has 0 aliphatic heterocycles. The molecule has 0 spiro atoms. The molecule has 19 heavy (non-hydrogen) atoms. The minimum absolute atomic E-state index is 0.0344. The van der Waals surface area contributed by atoms with Gasteiger partial charge in [-0.2, -0.15) is 0 Å². The number of hydrogen-bond acceptors (Lipinski definition) is 3. The highest BCUT2D eigenvalue weighted by molar-refractivity contribution is 5.85. The molecule has 0 aliphatic rings. The predicted molar refractivity (Wildman–Crippen MR) is 76.8 cm³/mol. The Morgan fingerprint density at radius 2 is 1.47 bits per heavy atom. The van der Waals surface area contributed by atoms with E-state index in [4.69, 9.17) is 5.11 Å². The molecular weight excluding hydrogens is 242 g/mol. The molecule has 0 unspecified atom stereocenters. The number of amides is 1. The second-order valence-corrected chi connectivity index (χ2v) is 7.31. The van der Waals surface area contributed by atoms with Gasteiger partial charge in [-0.25, -0.2) is 0 Å². The summed E-state index contributed by atoms with van der Waals surface area (Å²) in [6.45, 7) is 12.8. The average Bonchev–Trinajstić information content (AvgIpc) is 2.14. The minimum Gasteiger partial charge on any atom is -0.396 e. The fraction of sp³-hybridized carbons (Fsp3) is 0.867. The van der Waals surface area contributed by atoms with Crippen LogP contribution in [0.3, 0.4) is 0 Å². The zero-order valence-electron chi connectivity index (χ0n) is 13.4. The molecule has 1 amide bonds. The lowest BCUT2D eigenvalue weighted by molar-refractivity contribution is -0.135. The molecule has 4 nitrogen and oxygen atoms in total. The van der Waals surface area contributed by atoms with E-state index in [1.165, 1.54) is 0 Å². The van der Waals surface area contributed by atoms with Gasteiger partial charge < -0.3 is 10.4 Å². The Labute approximate surface area is 117 Å². The van der Waals surface area contributed by atoms with Crippen molar-refractivity contribution in [1.82, 2.24) is 5.32 Å². The molecule has 0 aliphatic carbocycles. The fourth-order valence-electron chi connectivity index (χ4n) is 2.13. The van der Waals surface area contributed by atoms with Gasteiger partial charge in [-0.05, 0) is 33.6 Å².